The zero-order valence-electron chi connectivity index (χ0n) is 7.05. The maximum Gasteiger partial charge on any atom is 0.0478 e. The van der Waals surface area contributed by atoms with Crippen LogP contribution in [0.2, 0.25) is 5.02 Å². The van der Waals surface area contributed by atoms with Crippen molar-refractivity contribution in [3.05, 3.63) is 40.4 Å². The highest BCUT2D eigenvalue weighted by Gasteiger charge is 1.94. The Hall–Kier alpha value is -0.790. The summed E-state index contributed by atoms with van der Waals surface area (Å²) >= 11 is 5.94. The number of halogens is 1. The second-order valence-electron chi connectivity index (χ2n) is 2.72. The highest BCUT2D eigenvalue weighted by atomic mass is 35.5. The molecule has 1 nitrogen and oxygen atoms in total. The van der Waals surface area contributed by atoms with Gasteiger partial charge in [0, 0.05) is 11.6 Å². The van der Waals surface area contributed by atoms with Crippen molar-refractivity contribution in [1.29, 1.82) is 0 Å². The molecule has 0 aliphatic carbocycles. The largest absolute Gasteiger partial charge is 0.327 e. The molecule has 0 heterocycles. The Kier molecular flexibility index (Phi) is 3.32. The van der Waals surface area contributed by atoms with Crippen LogP contribution in [0.1, 0.15) is 12.5 Å². The van der Waals surface area contributed by atoms with Crippen LogP contribution in [0.4, 0.5) is 0 Å². The first kappa shape index (κ1) is 9.30. The molecule has 0 radical (unpaired) electrons. The van der Waals surface area contributed by atoms with Crippen LogP contribution in [0, 0.1) is 0 Å². The van der Waals surface area contributed by atoms with Crippen LogP contribution < -0.4 is 5.73 Å². The third-order valence-electron chi connectivity index (χ3n) is 1.63. The fourth-order valence-corrected chi connectivity index (χ4v) is 1.11. The first-order chi connectivity index (χ1) is 5.74. The van der Waals surface area contributed by atoms with Crippen molar-refractivity contribution >= 4 is 17.7 Å². The van der Waals surface area contributed by atoms with Gasteiger partial charge in [-0.25, -0.2) is 0 Å². The van der Waals surface area contributed by atoms with E-state index in [-0.39, 0.29) is 0 Å². The minimum atomic E-state index is 0.575. The summed E-state index contributed by atoms with van der Waals surface area (Å²) in [7, 11) is 0. The van der Waals surface area contributed by atoms with Crippen LogP contribution in [-0.4, -0.2) is 6.54 Å². The Bertz CT molecular complexity index is 292. The van der Waals surface area contributed by atoms with E-state index in [2.05, 4.69) is 0 Å². The number of hydrogen-bond donors (Lipinski definition) is 1. The van der Waals surface area contributed by atoms with Crippen molar-refractivity contribution in [3.8, 4) is 0 Å². The summed E-state index contributed by atoms with van der Waals surface area (Å²) in [5.41, 5.74) is 7.62. The van der Waals surface area contributed by atoms with Gasteiger partial charge in [-0.2, -0.15) is 0 Å². The van der Waals surface area contributed by atoms with Crippen LogP contribution in [0.5, 0.6) is 0 Å². The zero-order valence-corrected chi connectivity index (χ0v) is 7.81. The van der Waals surface area contributed by atoms with Gasteiger partial charge in [0.2, 0.25) is 0 Å². The van der Waals surface area contributed by atoms with E-state index >= 15 is 0 Å². The molecule has 0 saturated carbocycles. The monoisotopic (exact) mass is 181 g/mol. The Balaban J connectivity index is 2.96. The normalized spacial score (nSPS) is 11.8. The fraction of sp³-hybridized carbons (Fsp3) is 0.200. The van der Waals surface area contributed by atoms with Crippen LogP contribution in [0.25, 0.3) is 6.08 Å². The summed E-state index contributed by atoms with van der Waals surface area (Å²) in [6, 6.07) is 7.72. The molecule has 1 aromatic rings. The van der Waals surface area contributed by atoms with Crippen molar-refractivity contribution < 1.29 is 0 Å². The summed E-state index contributed by atoms with van der Waals surface area (Å²) in [6.07, 6.45) is 2.00. The van der Waals surface area contributed by atoms with Gasteiger partial charge in [-0.15, -0.1) is 0 Å². The van der Waals surface area contributed by atoms with Gasteiger partial charge in [-0.3, -0.25) is 0 Å². The number of nitrogens with two attached hydrogens (primary N) is 1. The highest BCUT2D eigenvalue weighted by Crippen LogP contribution is 2.17. The first-order valence-corrected chi connectivity index (χ1v) is 4.23. The molecule has 0 fully saturated rings. The lowest BCUT2D eigenvalue weighted by atomic mass is 10.1. The maximum atomic E-state index is 5.94. The number of rotatable bonds is 2. The van der Waals surface area contributed by atoms with Gasteiger partial charge < -0.3 is 5.73 Å². The Labute approximate surface area is 77.8 Å². The highest BCUT2D eigenvalue weighted by molar-refractivity contribution is 6.32. The molecule has 64 valence electrons. The van der Waals surface area contributed by atoms with E-state index in [1.54, 1.807) is 0 Å². The van der Waals surface area contributed by atoms with E-state index in [1.807, 2.05) is 37.3 Å². The van der Waals surface area contributed by atoms with Crippen LogP contribution in [-0.2, 0) is 0 Å². The van der Waals surface area contributed by atoms with E-state index in [9.17, 15) is 0 Å². The van der Waals surface area contributed by atoms with Gasteiger partial charge >= 0.3 is 0 Å². The second kappa shape index (κ2) is 4.29. The molecule has 0 amide bonds. The smallest absolute Gasteiger partial charge is 0.0478 e. The molecular weight excluding hydrogens is 170 g/mol. The maximum absolute atomic E-state index is 5.94. The lowest BCUT2D eigenvalue weighted by molar-refractivity contribution is 1.15. The molecule has 0 spiro atoms. The molecular formula is C10H12ClN. The Morgan fingerprint density at radius 1 is 1.50 bits per heavy atom. The van der Waals surface area contributed by atoms with Gasteiger partial charge in [0.15, 0.2) is 0 Å². The van der Waals surface area contributed by atoms with Crippen LogP contribution in [0.3, 0.4) is 0 Å². The van der Waals surface area contributed by atoms with Crippen molar-refractivity contribution in [2.24, 2.45) is 5.73 Å². The van der Waals surface area contributed by atoms with Crippen molar-refractivity contribution in [2.45, 2.75) is 6.92 Å². The molecule has 0 aliphatic rings. The van der Waals surface area contributed by atoms with Crippen LogP contribution >= 0.6 is 11.6 Å². The van der Waals surface area contributed by atoms with Gasteiger partial charge in [0.1, 0.15) is 0 Å². The van der Waals surface area contributed by atoms with Gasteiger partial charge in [-0.05, 0) is 18.6 Å². The predicted octanol–water partition coefficient (Wildman–Crippen LogP) is 2.70. The van der Waals surface area contributed by atoms with Crippen molar-refractivity contribution in [1.82, 2.24) is 0 Å². The second-order valence-corrected chi connectivity index (χ2v) is 3.12. The average Bonchev–Trinajstić information content (AvgIpc) is 2.09. The zero-order chi connectivity index (χ0) is 8.97. The standard InChI is InChI=1S/C10H12ClN/c1-8(7-12)6-9-4-2-3-5-10(9)11/h2-6H,7,12H2,1H3/b8-6-. The van der Waals surface area contributed by atoms with Gasteiger partial charge in [-0.1, -0.05) is 41.4 Å². The van der Waals surface area contributed by atoms with E-state index in [1.165, 1.54) is 0 Å². The molecule has 0 atom stereocenters. The molecule has 2 heteroatoms. The molecule has 0 unspecified atom stereocenters. The molecule has 0 aromatic heterocycles. The third kappa shape index (κ3) is 2.36. The van der Waals surface area contributed by atoms with E-state index in [0.29, 0.717) is 6.54 Å². The minimum Gasteiger partial charge on any atom is -0.327 e. The minimum absolute atomic E-state index is 0.575. The lowest BCUT2D eigenvalue weighted by Crippen LogP contribution is -1.99. The Morgan fingerprint density at radius 3 is 2.75 bits per heavy atom. The quantitative estimate of drug-likeness (QED) is 0.746. The van der Waals surface area contributed by atoms with Crippen molar-refractivity contribution in [2.75, 3.05) is 6.54 Å². The lowest BCUT2D eigenvalue weighted by Gasteiger charge is -1.99. The molecule has 0 saturated heterocycles. The Morgan fingerprint density at radius 2 is 2.17 bits per heavy atom. The summed E-state index contributed by atoms with van der Waals surface area (Å²) in [4.78, 5) is 0. The van der Waals surface area contributed by atoms with Gasteiger partial charge in [0.25, 0.3) is 0 Å². The summed E-state index contributed by atoms with van der Waals surface area (Å²) in [6.45, 7) is 2.56. The molecule has 1 rings (SSSR count). The summed E-state index contributed by atoms with van der Waals surface area (Å²) in [5.74, 6) is 0. The molecule has 0 bridgehead atoms. The molecule has 12 heavy (non-hydrogen) atoms. The van der Waals surface area contributed by atoms with Crippen molar-refractivity contribution in [3.63, 3.8) is 0 Å². The number of hydrogen-bond acceptors (Lipinski definition) is 1. The molecule has 0 aliphatic heterocycles. The van der Waals surface area contributed by atoms with E-state index < -0.39 is 0 Å². The van der Waals surface area contributed by atoms with Crippen LogP contribution in [0.15, 0.2) is 29.8 Å². The first-order valence-electron chi connectivity index (χ1n) is 3.86. The molecule has 1 aromatic carbocycles. The average molecular weight is 182 g/mol. The summed E-state index contributed by atoms with van der Waals surface area (Å²) < 4.78 is 0. The predicted molar refractivity (Wildman–Crippen MR) is 54.2 cm³/mol. The third-order valence-corrected chi connectivity index (χ3v) is 1.97. The number of benzene rings is 1. The SMILES string of the molecule is C/C(=C/c1ccccc1Cl)CN. The molecule has 2 N–H and O–H groups in total. The summed E-state index contributed by atoms with van der Waals surface area (Å²) in [5, 5.41) is 0.769. The van der Waals surface area contributed by atoms with Gasteiger partial charge in [0.05, 0.1) is 0 Å². The fourth-order valence-electron chi connectivity index (χ4n) is 0.917. The topological polar surface area (TPSA) is 26.0 Å². The van der Waals surface area contributed by atoms with E-state index in [4.69, 9.17) is 17.3 Å². The van der Waals surface area contributed by atoms with E-state index in [0.717, 1.165) is 16.2 Å².